The van der Waals surface area contributed by atoms with Crippen LogP contribution in [0.1, 0.15) is 30.5 Å². The van der Waals surface area contributed by atoms with Crippen LogP contribution < -0.4 is 10.6 Å². The van der Waals surface area contributed by atoms with Crippen LogP contribution in [-0.2, 0) is 24.7 Å². The van der Waals surface area contributed by atoms with E-state index >= 15 is 0 Å². The van der Waals surface area contributed by atoms with E-state index in [0.29, 0.717) is 18.6 Å². The third kappa shape index (κ3) is 3.51. The molecule has 2 bridgehead atoms. The number of carbonyl (C=O) groups is 1. The number of nitrogens with zero attached hydrogens (tertiary/aromatic N) is 2. The molecule has 2 aliphatic rings. The van der Waals surface area contributed by atoms with E-state index in [-0.39, 0.29) is 23.7 Å². The zero-order chi connectivity index (χ0) is 17.3. The van der Waals surface area contributed by atoms with Crippen molar-refractivity contribution in [2.45, 2.75) is 44.2 Å². The molecule has 2 aliphatic heterocycles. The van der Waals surface area contributed by atoms with Gasteiger partial charge in [0.2, 0.25) is 5.91 Å². The molecule has 0 saturated carbocycles. The molecule has 2 saturated heterocycles. The molecule has 6 heteroatoms. The van der Waals surface area contributed by atoms with Gasteiger partial charge in [0, 0.05) is 44.0 Å². The van der Waals surface area contributed by atoms with Gasteiger partial charge in [-0.15, -0.1) is 12.4 Å². The van der Waals surface area contributed by atoms with Gasteiger partial charge >= 0.3 is 0 Å². The molecule has 1 aromatic carbocycles. The molecule has 2 aromatic rings. The van der Waals surface area contributed by atoms with E-state index in [9.17, 15) is 4.79 Å². The SMILES string of the molecule is Cl.Cn1nccc1CCNC(=O)[C@]1(Cc2ccccc2)C[C@@H]2CC[C@H]1N2. The maximum atomic E-state index is 13.2. The van der Waals surface area contributed by atoms with Crippen LogP contribution in [0.15, 0.2) is 42.6 Å². The van der Waals surface area contributed by atoms with Crippen molar-refractivity contribution in [2.75, 3.05) is 6.54 Å². The molecule has 0 aliphatic carbocycles. The minimum atomic E-state index is -0.309. The first-order valence-corrected chi connectivity index (χ1v) is 9.22. The summed E-state index contributed by atoms with van der Waals surface area (Å²) in [6.45, 7) is 0.659. The van der Waals surface area contributed by atoms with Gasteiger partial charge in [-0.05, 0) is 37.3 Å². The molecular formula is C20H27ClN4O. The predicted molar refractivity (Wildman–Crippen MR) is 104 cm³/mol. The van der Waals surface area contributed by atoms with Crippen LogP contribution in [-0.4, -0.2) is 34.3 Å². The highest BCUT2D eigenvalue weighted by atomic mass is 35.5. The summed E-state index contributed by atoms with van der Waals surface area (Å²) >= 11 is 0. The second kappa shape index (κ2) is 7.80. The van der Waals surface area contributed by atoms with Crippen LogP contribution in [0.4, 0.5) is 0 Å². The van der Waals surface area contributed by atoms with Crippen molar-refractivity contribution in [1.82, 2.24) is 20.4 Å². The zero-order valence-electron chi connectivity index (χ0n) is 15.1. The first kappa shape index (κ1) is 18.9. The van der Waals surface area contributed by atoms with Crippen LogP contribution in [0.5, 0.6) is 0 Å². The Kier molecular flexibility index (Phi) is 5.68. The van der Waals surface area contributed by atoms with Crippen molar-refractivity contribution in [3.63, 3.8) is 0 Å². The number of amides is 1. The molecule has 0 radical (unpaired) electrons. The molecule has 3 atom stereocenters. The average Bonchev–Trinajstić information content (AvgIpc) is 3.33. The van der Waals surface area contributed by atoms with Gasteiger partial charge in [-0.2, -0.15) is 5.10 Å². The molecule has 2 fully saturated rings. The van der Waals surface area contributed by atoms with Crippen molar-refractivity contribution >= 4 is 18.3 Å². The monoisotopic (exact) mass is 374 g/mol. The topological polar surface area (TPSA) is 59.0 Å². The Morgan fingerprint density at radius 2 is 2.12 bits per heavy atom. The smallest absolute Gasteiger partial charge is 0.228 e. The Hall–Kier alpha value is -1.85. The molecule has 0 spiro atoms. The van der Waals surface area contributed by atoms with Gasteiger partial charge in [-0.3, -0.25) is 9.48 Å². The lowest BCUT2D eigenvalue weighted by atomic mass is 9.69. The van der Waals surface area contributed by atoms with Gasteiger partial charge in [0.05, 0.1) is 5.41 Å². The van der Waals surface area contributed by atoms with Crippen molar-refractivity contribution in [1.29, 1.82) is 0 Å². The maximum Gasteiger partial charge on any atom is 0.228 e. The fourth-order valence-electron chi connectivity index (χ4n) is 4.61. The fourth-order valence-corrected chi connectivity index (χ4v) is 4.61. The number of hydrogen-bond acceptors (Lipinski definition) is 3. The van der Waals surface area contributed by atoms with Gasteiger partial charge in [0.25, 0.3) is 0 Å². The maximum absolute atomic E-state index is 13.2. The second-order valence-corrected chi connectivity index (χ2v) is 7.47. The molecule has 3 heterocycles. The first-order chi connectivity index (χ1) is 12.2. The van der Waals surface area contributed by atoms with E-state index in [2.05, 4.69) is 40.0 Å². The minimum absolute atomic E-state index is 0. The number of nitrogens with one attached hydrogen (secondary N) is 2. The lowest BCUT2D eigenvalue weighted by Crippen LogP contribution is -2.50. The number of benzene rings is 1. The third-order valence-corrected chi connectivity index (χ3v) is 5.92. The summed E-state index contributed by atoms with van der Waals surface area (Å²) in [5, 5.41) is 11.1. The lowest BCUT2D eigenvalue weighted by molar-refractivity contribution is -0.132. The Balaban J connectivity index is 0.00000196. The quantitative estimate of drug-likeness (QED) is 0.815. The molecule has 5 nitrogen and oxygen atoms in total. The van der Waals surface area contributed by atoms with Crippen LogP contribution in [0.25, 0.3) is 0 Å². The van der Waals surface area contributed by atoms with Crippen LogP contribution in [0, 0.1) is 5.41 Å². The summed E-state index contributed by atoms with van der Waals surface area (Å²) in [6.07, 6.45) is 6.68. The summed E-state index contributed by atoms with van der Waals surface area (Å²) in [4.78, 5) is 13.2. The largest absolute Gasteiger partial charge is 0.355 e. The highest BCUT2D eigenvalue weighted by Gasteiger charge is 2.55. The fraction of sp³-hybridized carbons (Fsp3) is 0.500. The Morgan fingerprint density at radius 3 is 2.73 bits per heavy atom. The Labute approximate surface area is 161 Å². The predicted octanol–water partition coefficient (Wildman–Crippen LogP) is 2.25. The number of aromatic nitrogens is 2. The number of aryl methyl sites for hydroxylation is 1. The zero-order valence-corrected chi connectivity index (χ0v) is 16.0. The average molecular weight is 375 g/mol. The van der Waals surface area contributed by atoms with E-state index in [1.807, 2.05) is 23.9 Å². The van der Waals surface area contributed by atoms with Gasteiger partial charge in [0.15, 0.2) is 0 Å². The molecule has 0 unspecified atom stereocenters. The summed E-state index contributed by atoms with van der Waals surface area (Å²) in [7, 11) is 1.94. The number of carbonyl (C=O) groups excluding carboxylic acids is 1. The van der Waals surface area contributed by atoms with E-state index in [1.165, 1.54) is 12.0 Å². The molecule has 2 N–H and O–H groups in total. The van der Waals surface area contributed by atoms with Crippen LogP contribution >= 0.6 is 12.4 Å². The molecule has 1 aromatic heterocycles. The molecule has 1 amide bonds. The molecule has 140 valence electrons. The second-order valence-electron chi connectivity index (χ2n) is 7.47. The number of fused-ring (bicyclic) bond motifs is 2. The third-order valence-electron chi connectivity index (χ3n) is 5.92. The number of hydrogen-bond donors (Lipinski definition) is 2. The van der Waals surface area contributed by atoms with Crippen LogP contribution in [0.3, 0.4) is 0 Å². The molecular weight excluding hydrogens is 348 g/mol. The molecule has 26 heavy (non-hydrogen) atoms. The summed E-state index contributed by atoms with van der Waals surface area (Å²) in [6, 6.07) is 13.2. The van der Waals surface area contributed by atoms with Gasteiger partial charge in [-0.1, -0.05) is 30.3 Å². The highest BCUT2D eigenvalue weighted by Crippen LogP contribution is 2.45. The molecule has 4 rings (SSSR count). The summed E-state index contributed by atoms with van der Waals surface area (Å²) in [5.41, 5.74) is 2.08. The van der Waals surface area contributed by atoms with Gasteiger partial charge < -0.3 is 10.6 Å². The Bertz CT molecular complexity index is 747. The number of halogens is 1. The normalized spacial score (nSPS) is 26.5. The summed E-state index contributed by atoms with van der Waals surface area (Å²) in [5.74, 6) is 0.207. The van der Waals surface area contributed by atoms with Crippen molar-refractivity contribution in [2.24, 2.45) is 12.5 Å². The van der Waals surface area contributed by atoms with Crippen LogP contribution in [0.2, 0.25) is 0 Å². The van der Waals surface area contributed by atoms with Crippen molar-refractivity contribution in [3.05, 3.63) is 53.9 Å². The van der Waals surface area contributed by atoms with E-state index in [1.54, 1.807) is 6.20 Å². The van der Waals surface area contributed by atoms with Gasteiger partial charge in [0.1, 0.15) is 0 Å². The van der Waals surface area contributed by atoms with E-state index in [0.717, 1.165) is 31.4 Å². The minimum Gasteiger partial charge on any atom is -0.355 e. The highest BCUT2D eigenvalue weighted by molar-refractivity contribution is 5.85. The Morgan fingerprint density at radius 1 is 1.31 bits per heavy atom. The van der Waals surface area contributed by atoms with Crippen molar-refractivity contribution < 1.29 is 4.79 Å². The van der Waals surface area contributed by atoms with Gasteiger partial charge in [-0.25, -0.2) is 0 Å². The van der Waals surface area contributed by atoms with Crippen molar-refractivity contribution in [3.8, 4) is 0 Å². The standard InChI is InChI=1S/C20H26N4O.ClH/c1-24-17(10-12-22-24)9-11-21-19(25)20(13-15-5-3-2-4-6-15)14-16-7-8-18(20)23-16;/h2-6,10,12,16,18,23H,7-9,11,13-14H2,1H3,(H,21,25);1H/t16-,18+,20+;/m0./s1. The number of rotatable bonds is 6. The summed E-state index contributed by atoms with van der Waals surface area (Å²) < 4.78 is 1.87. The first-order valence-electron chi connectivity index (χ1n) is 9.22. The lowest BCUT2D eigenvalue weighted by Gasteiger charge is -2.35. The van der Waals surface area contributed by atoms with E-state index in [4.69, 9.17) is 0 Å². The van der Waals surface area contributed by atoms with E-state index < -0.39 is 0 Å².